The first-order valence-electron chi connectivity index (χ1n) is 25.9. The van der Waals surface area contributed by atoms with Crippen molar-refractivity contribution in [2.45, 2.75) is 12.3 Å². The SMILES string of the molecule is C=CC1=C(C=C)C2(C(/C=C\C)=C(C=C)c3ccccc32)c2ccc(-c3ccc(-c4ccc5oc6cccc(-c7nc(-c8ccc9oc%10ccccc%10c9c8)nc(-c8cccc9oc%10ccccc%10c89)n7)c6c5c4)cc3)cc21. The Bertz CT molecular complexity index is 4820. The summed E-state index contributed by atoms with van der Waals surface area (Å²) in [5.74, 6) is 1.60. The molecule has 15 rings (SSSR count). The van der Waals surface area contributed by atoms with E-state index in [-0.39, 0.29) is 0 Å². The summed E-state index contributed by atoms with van der Waals surface area (Å²) in [6, 6.07) is 65.3. The van der Waals surface area contributed by atoms with E-state index in [0.717, 1.165) is 127 Å². The van der Waals surface area contributed by atoms with E-state index < -0.39 is 5.41 Å². The largest absolute Gasteiger partial charge is 0.456 e. The van der Waals surface area contributed by atoms with Gasteiger partial charge in [0.15, 0.2) is 17.5 Å². The highest BCUT2D eigenvalue weighted by atomic mass is 16.3. The van der Waals surface area contributed by atoms with Gasteiger partial charge in [-0.1, -0.05) is 178 Å². The van der Waals surface area contributed by atoms with E-state index in [4.69, 9.17) is 28.2 Å². The van der Waals surface area contributed by atoms with E-state index in [9.17, 15) is 0 Å². The predicted octanol–water partition coefficient (Wildman–Crippen LogP) is 18.9. The Morgan fingerprint density at radius 3 is 1.53 bits per heavy atom. The third-order valence-corrected chi connectivity index (χ3v) is 15.9. The number of allylic oxidation sites excluding steroid dienone is 9. The highest BCUT2D eigenvalue weighted by molar-refractivity contribution is 6.14. The van der Waals surface area contributed by atoms with Crippen molar-refractivity contribution in [1.29, 1.82) is 0 Å². The Hall–Kier alpha value is -10.2. The Kier molecular flexibility index (Phi) is 9.75. The van der Waals surface area contributed by atoms with Crippen LogP contribution in [0.4, 0.5) is 0 Å². The molecule has 4 heterocycles. The fourth-order valence-corrected chi connectivity index (χ4v) is 12.6. The molecule has 0 amide bonds. The molecule has 4 aromatic heterocycles. The minimum atomic E-state index is -0.533. The Balaban J connectivity index is 0.847. The maximum absolute atomic E-state index is 6.62. The zero-order valence-corrected chi connectivity index (χ0v) is 42.0. The number of aromatic nitrogens is 3. The molecule has 0 fully saturated rings. The second-order valence-corrected chi connectivity index (χ2v) is 19.8. The van der Waals surface area contributed by atoms with Crippen LogP contribution in [-0.4, -0.2) is 15.0 Å². The minimum Gasteiger partial charge on any atom is -0.456 e. The summed E-state index contributed by atoms with van der Waals surface area (Å²) < 4.78 is 19.2. The second kappa shape index (κ2) is 16.9. The molecule has 6 heteroatoms. The van der Waals surface area contributed by atoms with Crippen LogP contribution in [0.1, 0.15) is 29.2 Å². The Labute approximate surface area is 443 Å². The summed E-state index contributed by atoms with van der Waals surface area (Å²) in [6.07, 6.45) is 10.4. The van der Waals surface area contributed by atoms with Gasteiger partial charge in [0.05, 0.1) is 5.41 Å². The number of fused-ring (bicyclic) bond motifs is 13. The molecule has 2 aliphatic carbocycles. The molecule has 0 radical (unpaired) electrons. The van der Waals surface area contributed by atoms with E-state index >= 15 is 0 Å². The highest BCUT2D eigenvalue weighted by Crippen LogP contribution is 2.62. The second-order valence-electron chi connectivity index (χ2n) is 19.8. The van der Waals surface area contributed by atoms with Crippen molar-refractivity contribution >= 4 is 77.0 Å². The highest BCUT2D eigenvalue weighted by Gasteiger charge is 2.52. The van der Waals surface area contributed by atoms with Gasteiger partial charge in [-0.15, -0.1) is 0 Å². The maximum atomic E-state index is 6.62. The zero-order valence-electron chi connectivity index (χ0n) is 42.0. The van der Waals surface area contributed by atoms with Gasteiger partial charge in [0.1, 0.15) is 33.5 Å². The van der Waals surface area contributed by atoms with Gasteiger partial charge in [-0.3, -0.25) is 0 Å². The summed E-state index contributed by atoms with van der Waals surface area (Å²) in [6.45, 7) is 15.1. The monoisotopic (exact) mass is 987 g/mol. The lowest BCUT2D eigenvalue weighted by molar-refractivity contribution is 0.668. The lowest BCUT2D eigenvalue weighted by Crippen LogP contribution is -2.27. The van der Waals surface area contributed by atoms with Crippen LogP contribution in [0, 0.1) is 0 Å². The lowest BCUT2D eigenvalue weighted by Gasteiger charge is -2.32. The molecule has 0 saturated carbocycles. The molecule has 1 unspecified atom stereocenters. The molecule has 13 aromatic rings. The lowest BCUT2D eigenvalue weighted by atomic mass is 9.68. The standard InChI is InChI=1S/C71H45N3O3/c1-5-17-57-46(6-2)48-18-9-12-23-58(48)71(57)56(8-4)47(7-3)53-38-43(32-35-59(53)71)41-28-30-42(31-29-41)44-33-36-63-55(39-44)67-52(22-16-27-65(67)77-63)70-73-68(45-34-37-62-54(40-45)49-19-10-13-24-60(49)75-62)72-69(74-70)51-21-15-26-64-66(51)50-20-11-14-25-61(50)76-64/h5-40H,2-4H2,1H3/b17-5-. The zero-order chi connectivity index (χ0) is 51.5. The van der Waals surface area contributed by atoms with Crippen molar-refractivity contribution in [2.24, 2.45) is 0 Å². The molecular formula is C71H45N3O3. The molecule has 2 aliphatic rings. The first-order valence-corrected chi connectivity index (χ1v) is 25.9. The Morgan fingerprint density at radius 1 is 0.364 bits per heavy atom. The third-order valence-electron chi connectivity index (χ3n) is 15.9. The molecule has 0 saturated heterocycles. The fourth-order valence-electron chi connectivity index (χ4n) is 12.6. The Morgan fingerprint density at radius 2 is 0.844 bits per heavy atom. The minimum absolute atomic E-state index is 0.525. The van der Waals surface area contributed by atoms with Crippen molar-refractivity contribution in [3.63, 3.8) is 0 Å². The van der Waals surface area contributed by atoms with Crippen molar-refractivity contribution in [3.05, 3.63) is 272 Å². The number of para-hydroxylation sites is 2. The van der Waals surface area contributed by atoms with Gasteiger partial charge in [-0.25, -0.2) is 15.0 Å². The molecule has 0 bridgehead atoms. The van der Waals surface area contributed by atoms with Crippen molar-refractivity contribution in [1.82, 2.24) is 15.0 Å². The third kappa shape index (κ3) is 6.39. The first-order chi connectivity index (χ1) is 38.0. The van der Waals surface area contributed by atoms with E-state index in [1.807, 2.05) is 91.0 Å². The van der Waals surface area contributed by atoms with Crippen LogP contribution < -0.4 is 0 Å². The fraction of sp³-hybridized carbons (Fsp3) is 0.0282. The molecule has 1 atom stereocenters. The summed E-state index contributed by atoms with van der Waals surface area (Å²) in [4.78, 5) is 15.9. The summed E-state index contributed by atoms with van der Waals surface area (Å²) in [5.41, 5.74) is 20.4. The van der Waals surface area contributed by atoms with Crippen molar-refractivity contribution in [2.75, 3.05) is 0 Å². The van der Waals surface area contributed by atoms with Gasteiger partial charge in [-0.2, -0.15) is 0 Å². The van der Waals surface area contributed by atoms with Crippen LogP contribution in [0.25, 0.3) is 133 Å². The summed E-state index contributed by atoms with van der Waals surface area (Å²) >= 11 is 0. The number of nitrogens with zero attached hydrogens (tertiary/aromatic N) is 3. The van der Waals surface area contributed by atoms with Crippen molar-refractivity contribution in [3.8, 4) is 56.4 Å². The molecule has 0 N–H and O–H groups in total. The number of benzene rings is 9. The molecule has 0 aliphatic heterocycles. The van der Waals surface area contributed by atoms with Crippen LogP contribution in [0.2, 0.25) is 0 Å². The van der Waals surface area contributed by atoms with Crippen LogP contribution in [-0.2, 0) is 5.41 Å². The smallest absolute Gasteiger partial charge is 0.164 e. The average molecular weight is 988 g/mol. The first kappa shape index (κ1) is 44.3. The maximum Gasteiger partial charge on any atom is 0.164 e. The van der Waals surface area contributed by atoms with Gasteiger partial charge in [0, 0.05) is 49.0 Å². The number of hydrogen-bond donors (Lipinski definition) is 0. The molecule has 362 valence electrons. The topological polar surface area (TPSA) is 78.1 Å². The van der Waals surface area contributed by atoms with Crippen LogP contribution in [0.5, 0.6) is 0 Å². The summed E-state index contributed by atoms with van der Waals surface area (Å²) in [7, 11) is 0. The van der Waals surface area contributed by atoms with Gasteiger partial charge >= 0.3 is 0 Å². The number of rotatable bonds is 9. The number of hydrogen-bond acceptors (Lipinski definition) is 6. The molecule has 6 nitrogen and oxygen atoms in total. The molecule has 77 heavy (non-hydrogen) atoms. The van der Waals surface area contributed by atoms with Crippen LogP contribution >= 0.6 is 0 Å². The van der Waals surface area contributed by atoms with E-state index in [1.165, 1.54) is 22.3 Å². The van der Waals surface area contributed by atoms with Gasteiger partial charge < -0.3 is 13.3 Å². The molecule has 9 aromatic carbocycles. The van der Waals surface area contributed by atoms with Crippen LogP contribution in [0.15, 0.2) is 263 Å². The van der Waals surface area contributed by atoms with Gasteiger partial charge in [-0.05, 0) is 134 Å². The molecule has 1 spiro atoms. The van der Waals surface area contributed by atoms with E-state index in [0.29, 0.717) is 17.5 Å². The number of furan rings is 3. The molecular weight excluding hydrogens is 943 g/mol. The van der Waals surface area contributed by atoms with Crippen LogP contribution in [0.3, 0.4) is 0 Å². The van der Waals surface area contributed by atoms with E-state index in [2.05, 4.69) is 154 Å². The van der Waals surface area contributed by atoms with Gasteiger partial charge in [0.2, 0.25) is 0 Å². The van der Waals surface area contributed by atoms with Crippen molar-refractivity contribution < 1.29 is 13.3 Å². The average Bonchev–Trinajstić information content (AvgIpc) is 4.21. The van der Waals surface area contributed by atoms with Gasteiger partial charge in [0.25, 0.3) is 0 Å². The summed E-state index contributed by atoms with van der Waals surface area (Å²) in [5, 5.41) is 5.84. The quantitative estimate of drug-likeness (QED) is 0.143. The predicted molar refractivity (Wildman–Crippen MR) is 315 cm³/mol. The van der Waals surface area contributed by atoms with E-state index in [1.54, 1.807) is 0 Å². The normalized spacial score (nSPS) is 15.1.